The van der Waals surface area contributed by atoms with Gasteiger partial charge in [-0.25, -0.2) is 0 Å². The van der Waals surface area contributed by atoms with Crippen LogP contribution in [0.25, 0.3) is 6.08 Å². The molecule has 0 heterocycles. The van der Waals surface area contributed by atoms with E-state index in [2.05, 4.69) is 21.2 Å². The second-order valence-corrected chi connectivity index (χ2v) is 4.33. The summed E-state index contributed by atoms with van der Waals surface area (Å²) in [4.78, 5) is 10.6. The zero-order chi connectivity index (χ0) is 11.3. The Hall–Kier alpha value is -0.800. The SMILES string of the molecule is CC(=O)NCC=Cc1ccc(Br)cc1Cl. The lowest BCUT2D eigenvalue weighted by molar-refractivity contribution is -0.118. The molecule has 0 aliphatic carbocycles. The Morgan fingerprint density at radius 1 is 1.60 bits per heavy atom. The predicted octanol–water partition coefficient (Wildman–Crippen LogP) is 3.25. The lowest BCUT2D eigenvalue weighted by Crippen LogP contribution is -2.19. The third-order valence-corrected chi connectivity index (χ3v) is 2.55. The summed E-state index contributed by atoms with van der Waals surface area (Å²) in [5.41, 5.74) is 0.935. The highest BCUT2D eigenvalue weighted by Crippen LogP contribution is 2.22. The van der Waals surface area contributed by atoms with Crippen molar-refractivity contribution >= 4 is 39.5 Å². The van der Waals surface area contributed by atoms with Crippen LogP contribution in [0.5, 0.6) is 0 Å². The van der Waals surface area contributed by atoms with Gasteiger partial charge in [0.05, 0.1) is 0 Å². The quantitative estimate of drug-likeness (QED) is 0.909. The molecule has 1 N–H and O–H groups in total. The van der Waals surface area contributed by atoms with E-state index in [4.69, 9.17) is 11.6 Å². The summed E-state index contributed by atoms with van der Waals surface area (Å²) >= 11 is 9.33. The van der Waals surface area contributed by atoms with E-state index in [0.717, 1.165) is 10.0 Å². The topological polar surface area (TPSA) is 29.1 Å². The summed E-state index contributed by atoms with van der Waals surface area (Å²) in [5, 5.41) is 3.35. The molecule has 15 heavy (non-hydrogen) atoms. The summed E-state index contributed by atoms with van der Waals surface area (Å²) in [7, 11) is 0. The second-order valence-electron chi connectivity index (χ2n) is 3.01. The molecule has 4 heteroatoms. The Morgan fingerprint density at radius 2 is 2.33 bits per heavy atom. The minimum atomic E-state index is -0.0402. The molecule has 0 radical (unpaired) electrons. The molecule has 0 saturated carbocycles. The lowest BCUT2D eigenvalue weighted by atomic mass is 10.2. The van der Waals surface area contributed by atoms with Crippen LogP contribution in [0.1, 0.15) is 12.5 Å². The molecule has 0 saturated heterocycles. The summed E-state index contributed by atoms with van der Waals surface area (Å²) in [6.07, 6.45) is 3.74. The molecule has 0 aliphatic rings. The van der Waals surface area contributed by atoms with Gasteiger partial charge in [0.2, 0.25) is 5.91 Å². The molecule has 2 nitrogen and oxygen atoms in total. The zero-order valence-electron chi connectivity index (χ0n) is 8.26. The molecule has 80 valence electrons. The van der Waals surface area contributed by atoms with Crippen molar-refractivity contribution in [3.8, 4) is 0 Å². The number of halogens is 2. The molecule has 0 unspecified atom stereocenters. The minimum Gasteiger partial charge on any atom is -0.353 e. The maximum atomic E-state index is 10.6. The number of benzene rings is 1. The van der Waals surface area contributed by atoms with Crippen molar-refractivity contribution < 1.29 is 4.79 Å². The molecule has 1 amide bonds. The van der Waals surface area contributed by atoms with Gasteiger partial charge in [0.1, 0.15) is 0 Å². The van der Waals surface area contributed by atoms with E-state index >= 15 is 0 Å². The van der Waals surface area contributed by atoms with Crippen LogP contribution >= 0.6 is 27.5 Å². The Balaban J connectivity index is 2.60. The fraction of sp³-hybridized carbons (Fsp3) is 0.182. The Labute approximate surface area is 102 Å². The molecule has 0 atom stereocenters. The molecule has 0 aliphatic heterocycles. The molecule has 0 fully saturated rings. The average molecular weight is 289 g/mol. The first-order chi connectivity index (χ1) is 7.09. The van der Waals surface area contributed by atoms with Gasteiger partial charge in [-0.3, -0.25) is 4.79 Å². The van der Waals surface area contributed by atoms with Crippen LogP contribution in [-0.4, -0.2) is 12.5 Å². The van der Waals surface area contributed by atoms with E-state index in [1.54, 1.807) is 0 Å². The average Bonchev–Trinajstić information content (AvgIpc) is 2.14. The van der Waals surface area contributed by atoms with Gasteiger partial charge in [-0.15, -0.1) is 0 Å². The smallest absolute Gasteiger partial charge is 0.217 e. The summed E-state index contributed by atoms with van der Waals surface area (Å²) < 4.78 is 0.950. The predicted molar refractivity (Wildman–Crippen MR) is 66.9 cm³/mol. The molecule has 0 aromatic heterocycles. The van der Waals surface area contributed by atoms with Gasteiger partial charge >= 0.3 is 0 Å². The number of hydrogen-bond acceptors (Lipinski definition) is 1. The standard InChI is InChI=1S/C11H11BrClNO/c1-8(15)14-6-2-3-9-4-5-10(12)7-11(9)13/h2-5,7H,6H2,1H3,(H,14,15). The fourth-order valence-electron chi connectivity index (χ4n) is 1.03. The van der Waals surface area contributed by atoms with Crippen LogP contribution in [0.2, 0.25) is 5.02 Å². The molecule has 0 bridgehead atoms. The van der Waals surface area contributed by atoms with Gasteiger partial charge < -0.3 is 5.32 Å². The molecule has 1 aromatic rings. The summed E-state index contributed by atoms with van der Waals surface area (Å²) in [6, 6.07) is 5.67. The summed E-state index contributed by atoms with van der Waals surface area (Å²) in [6.45, 7) is 2.00. The monoisotopic (exact) mass is 287 g/mol. The maximum absolute atomic E-state index is 10.6. The highest BCUT2D eigenvalue weighted by Gasteiger charge is 1.96. The van der Waals surface area contributed by atoms with Crippen molar-refractivity contribution in [3.63, 3.8) is 0 Å². The fourth-order valence-corrected chi connectivity index (χ4v) is 1.76. The highest BCUT2D eigenvalue weighted by atomic mass is 79.9. The van der Waals surface area contributed by atoms with Gasteiger partial charge in [0, 0.05) is 23.0 Å². The maximum Gasteiger partial charge on any atom is 0.217 e. The van der Waals surface area contributed by atoms with Crippen molar-refractivity contribution in [3.05, 3.63) is 39.3 Å². The first-order valence-electron chi connectivity index (χ1n) is 4.45. The molecule has 0 spiro atoms. The van der Waals surface area contributed by atoms with Crippen LogP contribution in [0, 0.1) is 0 Å². The van der Waals surface area contributed by atoms with E-state index in [9.17, 15) is 4.79 Å². The third kappa shape index (κ3) is 4.49. The second kappa shape index (κ2) is 5.93. The first-order valence-corrected chi connectivity index (χ1v) is 5.62. The number of carbonyl (C=O) groups excluding carboxylic acids is 1. The van der Waals surface area contributed by atoms with Crippen molar-refractivity contribution in [1.82, 2.24) is 5.32 Å². The van der Waals surface area contributed by atoms with Gasteiger partial charge in [-0.1, -0.05) is 45.7 Å². The van der Waals surface area contributed by atoms with Crippen molar-refractivity contribution in [1.29, 1.82) is 0 Å². The van der Waals surface area contributed by atoms with Crippen LogP contribution in [0.3, 0.4) is 0 Å². The largest absolute Gasteiger partial charge is 0.353 e. The number of hydrogen-bond donors (Lipinski definition) is 1. The normalized spacial score (nSPS) is 10.6. The number of amides is 1. The van der Waals surface area contributed by atoms with Crippen molar-refractivity contribution in [2.45, 2.75) is 6.92 Å². The number of rotatable bonds is 3. The van der Waals surface area contributed by atoms with Crippen LogP contribution < -0.4 is 5.32 Å². The van der Waals surface area contributed by atoms with Crippen molar-refractivity contribution in [2.75, 3.05) is 6.54 Å². The van der Waals surface area contributed by atoms with E-state index in [-0.39, 0.29) is 5.91 Å². The Morgan fingerprint density at radius 3 is 2.93 bits per heavy atom. The van der Waals surface area contributed by atoms with Crippen LogP contribution in [-0.2, 0) is 4.79 Å². The van der Waals surface area contributed by atoms with Crippen LogP contribution in [0.15, 0.2) is 28.7 Å². The van der Waals surface area contributed by atoms with E-state index in [0.29, 0.717) is 11.6 Å². The van der Waals surface area contributed by atoms with Gasteiger partial charge in [-0.05, 0) is 17.7 Å². The van der Waals surface area contributed by atoms with E-state index < -0.39 is 0 Å². The zero-order valence-corrected chi connectivity index (χ0v) is 10.6. The first kappa shape index (κ1) is 12.3. The highest BCUT2D eigenvalue weighted by molar-refractivity contribution is 9.10. The Bertz CT molecular complexity index is 390. The molecular weight excluding hydrogens is 277 g/mol. The molecule has 1 rings (SSSR count). The molecular formula is C11H11BrClNO. The molecule has 1 aromatic carbocycles. The van der Waals surface area contributed by atoms with Crippen molar-refractivity contribution in [2.24, 2.45) is 0 Å². The van der Waals surface area contributed by atoms with Gasteiger partial charge in [-0.2, -0.15) is 0 Å². The van der Waals surface area contributed by atoms with E-state index in [1.165, 1.54) is 6.92 Å². The van der Waals surface area contributed by atoms with Crippen LogP contribution in [0.4, 0.5) is 0 Å². The summed E-state index contributed by atoms with van der Waals surface area (Å²) in [5.74, 6) is -0.0402. The van der Waals surface area contributed by atoms with Gasteiger partial charge in [0.15, 0.2) is 0 Å². The van der Waals surface area contributed by atoms with E-state index in [1.807, 2.05) is 30.4 Å². The lowest BCUT2D eigenvalue weighted by Gasteiger charge is -1.99. The number of carbonyl (C=O) groups is 1. The number of nitrogens with one attached hydrogen (secondary N) is 1. The van der Waals surface area contributed by atoms with Gasteiger partial charge in [0.25, 0.3) is 0 Å². The minimum absolute atomic E-state index is 0.0402. The third-order valence-electron chi connectivity index (χ3n) is 1.73. The Kier molecular flexibility index (Phi) is 4.85.